The van der Waals surface area contributed by atoms with Crippen LogP contribution in [0.25, 0.3) is 77.3 Å². The summed E-state index contributed by atoms with van der Waals surface area (Å²) in [5.41, 5.74) is 22.5. The molecule has 4 nitrogen and oxygen atoms in total. The van der Waals surface area contributed by atoms with Gasteiger partial charge in [-0.15, -0.1) is 0 Å². The van der Waals surface area contributed by atoms with E-state index in [0.717, 1.165) is 83.6 Å². The van der Waals surface area contributed by atoms with Crippen molar-refractivity contribution in [3.8, 4) is 44.9 Å². The largest absolute Gasteiger partial charge is 0.457 e. The van der Waals surface area contributed by atoms with Gasteiger partial charge in [-0.25, -0.2) is 0 Å². The summed E-state index contributed by atoms with van der Waals surface area (Å²) in [7, 11) is 0. The molecule has 72 heavy (non-hydrogen) atoms. The third kappa shape index (κ3) is 4.59. The molecule has 3 aliphatic carbocycles. The molecule has 3 heterocycles. The lowest BCUT2D eigenvalue weighted by Gasteiger charge is -2.39. The first-order valence-electron chi connectivity index (χ1n) is 24.8. The molecule has 4 heteroatoms. The standard InChI is InChI=1S/C68H39NO3/c1-6-23-50-41(17-1)42-18-2-7-24-51(42)67(50)52-25-8-3-19-43(52)45-36-35-40(37-56(45)67)69(59-30-15-22-47-46-21-5-12-31-60(46)72-66(47)59)58-29-16-34-63-65(58)49-38-48-44-20-4-9-26-53(44)68(57(48)39-64(49)71-63)54-27-10-13-32-61(54)70-62-33-14-11-28-55(62)68/h1-39H. The van der Waals surface area contributed by atoms with Gasteiger partial charge in [-0.2, -0.15) is 0 Å². The molecule has 0 atom stereocenters. The molecular weight excluding hydrogens is 879 g/mol. The van der Waals surface area contributed by atoms with Crippen LogP contribution in [-0.2, 0) is 10.8 Å². The van der Waals surface area contributed by atoms with E-state index in [2.05, 4.69) is 235 Å². The monoisotopic (exact) mass is 917 g/mol. The van der Waals surface area contributed by atoms with Gasteiger partial charge in [0.05, 0.1) is 27.6 Å². The molecule has 13 aromatic rings. The molecule has 0 fully saturated rings. The van der Waals surface area contributed by atoms with E-state index in [9.17, 15) is 0 Å². The van der Waals surface area contributed by atoms with Crippen LogP contribution in [0.15, 0.2) is 245 Å². The van der Waals surface area contributed by atoms with E-state index in [-0.39, 0.29) is 0 Å². The van der Waals surface area contributed by atoms with Crippen LogP contribution in [0.4, 0.5) is 17.1 Å². The van der Waals surface area contributed by atoms with Crippen molar-refractivity contribution in [2.24, 2.45) is 0 Å². The van der Waals surface area contributed by atoms with E-state index in [1.54, 1.807) is 0 Å². The molecule has 4 aliphatic rings. The number of rotatable bonds is 3. The molecular formula is C68H39NO3. The summed E-state index contributed by atoms with van der Waals surface area (Å²) in [4.78, 5) is 2.43. The predicted octanol–water partition coefficient (Wildman–Crippen LogP) is 17.8. The molecule has 334 valence electrons. The van der Waals surface area contributed by atoms with Crippen molar-refractivity contribution in [1.82, 2.24) is 0 Å². The summed E-state index contributed by atoms with van der Waals surface area (Å²) in [5.74, 6) is 1.73. The highest BCUT2D eigenvalue weighted by molar-refractivity contribution is 6.17. The van der Waals surface area contributed by atoms with Gasteiger partial charge in [0.25, 0.3) is 0 Å². The van der Waals surface area contributed by atoms with Crippen molar-refractivity contribution < 1.29 is 13.6 Å². The van der Waals surface area contributed by atoms with E-state index in [1.807, 2.05) is 6.07 Å². The van der Waals surface area contributed by atoms with Gasteiger partial charge in [-0.3, -0.25) is 0 Å². The Morgan fingerprint density at radius 1 is 0.292 bits per heavy atom. The smallest absolute Gasteiger partial charge is 0.159 e. The van der Waals surface area contributed by atoms with Crippen molar-refractivity contribution in [3.63, 3.8) is 0 Å². The van der Waals surface area contributed by atoms with Crippen LogP contribution in [0, 0.1) is 0 Å². The van der Waals surface area contributed by atoms with E-state index >= 15 is 0 Å². The molecule has 11 aromatic carbocycles. The number of hydrogen-bond acceptors (Lipinski definition) is 4. The second-order valence-electron chi connectivity index (χ2n) is 19.7. The summed E-state index contributed by atoms with van der Waals surface area (Å²) in [6, 6.07) is 86.3. The van der Waals surface area contributed by atoms with Crippen molar-refractivity contribution in [2.75, 3.05) is 4.90 Å². The van der Waals surface area contributed by atoms with Gasteiger partial charge in [0, 0.05) is 33.0 Å². The lowest BCUT2D eigenvalue weighted by molar-refractivity contribution is 0.436. The minimum Gasteiger partial charge on any atom is -0.457 e. The normalized spacial score (nSPS) is 14.4. The molecule has 0 saturated heterocycles. The zero-order valence-corrected chi connectivity index (χ0v) is 38.7. The van der Waals surface area contributed by atoms with Crippen molar-refractivity contribution in [3.05, 3.63) is 281 Å². The predicted molar refractivity (Wildman–Crippen MR) is 289 cm³/mol. The number of fused-ring (bicyclic) bond motifs is 25. The van der Waals surface area contributed by atoms with Crippen molar-refractivity contribution >= 4 is 60.9 Å². The summed E-state index contributed by atoms with van der Waals surface area (Å²) in [5, 5.41) is 4.23. The van der Waals surface area contributed by atoms with Crippen LogP contribution in [-0.4, -0.2) is 0 Å². The average molecular weight is 918 g/mol. The van der Waals surface area contributed by atoms with Crippen LogP contribution in [0.1, 0.15) is 44.5 Å². The molecule has 2 aromatic heterocycles. The summed E-state index contributed by atoms with van der Waals surface area (Å²) < 4.78 is 20.8. The maximum Gasteiger partial charge on any atom is 0.159 e. The lowest BCUT2D eigenvalue weighted by Crippen LogP contribution is -2.32. The number of furan rings is 2. The first-order valence-corrected chi connectivity index (χ1v) is 24.8. The van der Waals surface area contributed by atoms with Gasteiger partial charge in [-0.1, -0.05) is 176 Å². The maximum atomic E-state index is 7.17. The fourth-order valence-corrected chi connectivity index (χ4v) is 13.9. The van der Waals surface area contributed by atoms with Crippen molar-refractivity contribution in [2.45, 2.75) is 10.8 Å². The maximum absolute atomic E-state index is 7.17. The highest BCUT2D eigenvalue weighted by atomic mass is 16.5. The fourth-order valence-electron chi connectivity index (χ4n) is 13.9. The number of ether oxygens (including phenoxy) is 1. The van der Waals surface area contributed by atoms with Gasteiger partial charge in [0.2, 0.25) is 0 Å². The Morgan fingerprint density at radius 3 is 1.44 bits per heavy atom. The Bertz CT molecular complexity index is 4420. The second kappa shape index (κ2) is 13.7. The minimum atomic E-state index is -0.619. The Balaban J connectivity index is 0.964. The number of nitrogens with zero attached hydrogens (tertiary/aromatic N) is 1. The topological polar surface area (TPSA) is 38.8 Å². The van der Waals surface area contributed by atoms with E-state index in [0.29, 0.717) is 0 Å². The summed E-state index contributed by atoms with van der Waals surface area (Å²) >= 11 is 0. The minimum absolute atomic E-state index is 0.522. The first-order chi connectivity index (χ1) is 35.7. The molecule has 0 saturated carbocycles. The molecule has 0 N–H and O–H groups in total. The number of anilines is 3. The van der Waals surface area contributed by atoms with Crippen LogP contribution >= 0.6 is 0 Å². The Kier molecular flexibility index (Phi) is 7.31. The molecule has 17 rings (SSSR count). The molecule has 0 unspecified atom stereocenters. The second-order valence-corrected chi connectivity index (χ2v) is 19.7. The van der Waals surface area contributed by atoms with Gasteiger partial charge >= 0.3 is 0 Å². The summed E-state index contributed by atoms with van der Waals surface area (Å²) in [6.07, 6.45) is 0. The quantitative estimate of drug-likeness (QED) is 0.177. The van der Waals surface area contributed by atoms with Crippen LogP contribution in [0.5, 0.6) is 11.5 Å². The average Bonchev–Trinajstić information content (AvgIpc) is 4.23. The van der Waals surface area contributed by atoms with E-state index in [4.69, 9.17) is 13.6 Å². The summed E-state index contributed by atoms with van der Waals surface area (Å²) in [6.45, 7) is 0. The Hall–Kier alpha value is -9.38. The third-order valence-corrected chi connectivity index (χ3v) is 16.5. The van der Waals surface area contributed by atoms with Gasteiger partial charge in [0.1, 0.15) is 28.2 Å². The zero-order chi connectivity index (χ0) is 46.9. The Morgan fingerprint density at radius 2 is 0.778 bits per heavy atom. The molecule has 0 amide bonds. The number of benzene rings is 11. The van der Waals surface area contributed by atoms with Gasteiger partial charge < -0.3 is 18.5 Å². The van der Waals surface area contributed by atoms with E-state index < -0.39 is 10.8 Å². The van der Waals surface area contributed by atoms with Gasteiger partial charge in [-0.05, 0) is 127 Å². The fraction of sp³-hybridized carbons (Fsp3) is 0.0294. The highest BCUT2D eigenvalue weighted by Crippen LogP contribution is 2.65. The van der Waals surface area contributed by atoms with Crippen LogP contribution < -0.4 is 9.64 Å². The lowest BCUT2D eigenvalue weighted by atomic mass is 9.66. The highest BCUT2D eigenvalue weighted by Gasteiger charge is 2.53. The zero-order valence-electron chi connectivity index (χ0n) is 38.7. The molecule has 0 radical (unpaired) electrons. The van der Waals surface area contributed by atoms with E-state index in [1.165, 1.54) is 66.8 Å². The molecule has 2 spiro atoms. The Labute approximate surface area is 414 Å². The van der Waals surface area contributed by atoms with Crippen LogP contribution in [0.2, 0.25) is 0 Å². The number of hydrogen-bond donors (Lipinski definition) is 0. The first kappa shape index (κ1) is 38.5. The molecule has 0 bridgehead atoms. The van der Waals surface area contributed by atoms with Crippen LogP contribution in [0.3, 0.4) is 0 Å². The molecule has 1 aliphatic heterocycles. The third-order valence-electron chi connectivity index (χ3n) is 16.5. The van der Waals surface area contributed by atoms with Crippen molar-refractivity contribution in [1.29, 1.82) is 0 Å². The van der Waals surface area contributed by atoms with Gasteiger partial charge in [0.15, 0.2) is 5.58 Å². The SMILES string of the molecule is c1ccc2c(c1)Oc1ccccc1C21c2ccccc2-c2cc3c(cc21)oc1cccc(N(c2ccc4c(c2)C2(c5ccccc5-c5ccccc52)c2ccccc2-4)c2cccc4c2oc2ccccc24)c13. The number of para-hydroxylation sites is 4.